The van der Waals surface area contributed by atoms with Gasteiger partial charge in [0, 0.05) is 5.30 Å². The maximum absolute atomic E-state index is 14.9. The fourth-order valence-electron chi connectivity index (χ4n) is 1.81. The Kier molecular flexibility index (Phi) is 6.90. The van der Waals surface area contributed by atoms with E-state index < -0.39 is 20.4 Å². The molecule has 0 aromatic heterocycles. The number of hydrogen-bond donors (Lipinski definition) is 0. The van der Waals surface area contributed by atoms with Crippen molar-refractivity contribution in [2.75, 3.05) is 19.8 Å². The number of alkyl halides is 2. The molecule has 1 atom stereocenters. The SMILES string of the molecule is CCOP(=O)(OCC)C(F)(F)[P@](=O)(OCC)c1ccccc1. The summed E-state index contributed by atoms with van der Waals surface area (Å²) in [6.07, 6.45) is 0. The summed E-state index contributed by atoms with van der Waals surface area (Å²) in [7, 11) is -9.76. The highest BCUT2D eigenvalue weighted by molar-refractivity contribution is 7.80. The Bertz CT molecular complexity index is 555. The van der Waals surface area contributed by atoms with E-state index in [4.69, 9.17) is 4.52 Å². The van der Waals surface area contributed by atoms with Crippen LogP contribution in [-0.4, -0.2) is 25.2 Å². The second kappa shape index (κ2) is 7.80. The van der Waals surface area contributed by atoms with E-state index in [1.807, 2.05) is 0 Å². The molecule has 0 aliphatic heterocycles. The van der Waals surface area contributed by atoms with E-state index in [1.54, 1.807) is 6.07 Å². The van der Waals surface area contributed by atoms with Crippen molar-refractivity contribution in [3.63, 3.8) is 0 Å². The van der Waals surface area contributed by atoms with Gasteiger partial charge in [-0.1, -0.05) is 18.2 Å². The minimum atomic E-state index is -4.96. The van der Waals surface area contributed by atoms with E-state index in [2.05, 4.69) is 9.05 Å². The van der Waals surface area contributed by atoms with Crippen molar-refractivity contribution >= 4 is 20.3 Å². The molecule has 0 heterocycles. The second-order valence-corrected chi connectivity index (χ2v) is 9.01. The van der Waals surface area contributed by atoms with Crippen molar-refractivity contribution in [1.82, 2.24) is 0 Å². The number of hydrogen-bond acceptors (Lipinski definition) is 5. The molecule has 0 fully saturated rings. The van der Waals surface area contributed by atoms with Crippen LogP contribution in [0, 0.1) is 0 Å². The molecule has 0 amide bonds. The average Bonchev–Trinajstić information content (AvgIpc) is 2.48. The third-order valence-electron chi connectivity index (χ3n) is 2.69. The van der Waals surface area contributed by atoms with E-state index in [0.29, 0.717) is 0 Å². The molecular weight excluding hydrogens is 336 g/mol. The molecule has 0 bridgehead atoms. The number of benzene rings is 1. The summed E-state index contributed by atoms with van der Waals surface area (Å²) in [6, 6.07) is 6.97. The minimum absolute atomic E-state index is 0.235. The van der Waals surface area contributed by atoms with Gasteiger partial charge >= 0.3 is 20.4 Å². The highest BCUT2D eigenvalue weighted by Crippen LogP contribution is 2.78. The van der Waals surface area contributed by atoms with Gasteiger partial charge in [0.05, 0.1) is 19.8 Å². The highest BCUT2D eigenvalue weighted by Gasteiger charge is 2.67. The van der Waals surface area contributed by atoms with Gasteiger partial charge in [0.25, 0.3) is 0 Å². The number of halogens is 2. The topological polar surface area (TPSA) is 61.8 Å². The summed E-state index contributed by atoms with van der Waals surface area (Å²) in [5.74, 6) is 0. The van der Waals surface area contributed by atoms with Gasteiger partial charge < -0.3 is 13.6 Å². The Morgan fingerprint density at radius 1 is 0.909 bits per heavy atom. The van der Waals surface area contributed by atoms with Crippen LogP contribution in [0.5, 0.6) is 0 Å². The van der Waals surface area contributed by atoms with Crippen LogP contribution < -0.4 is 5.30 Å². The molecule has 1 aromatic carbocycles. The Balaban J connectivity index is 3.46. The molecule has 0 aliphatic carbocycles. The Hall–Kier alpha value is -0.580. The van der Waals surface area contributed by atoms with E-state index in [0.717, 1.165) is 0 Å². The van der Waals surface area contributed by atoms with Gasteiger partial charge in [0.2, 0.25) is 0 Å². The first kappa shape index (κ1) is 19.5. The van der Waals surface area contributed by atoms with Gasteiger partial charge in [-0.2, -0.15) is 8.78 Å². The summed E-state index contributed by atoms with van der Waals surface area (Å²) in [4.78, 5) is 0. The van der Waals surface area contributed by atoms with Crippen molar-refractivity contribution in [1.29, 1.82) is 0 Å². The van der Waals surface area contributed by atoms with Crippen LogP contribution in [-0.2, 0) is 22.7 Å². The molecule has 0 radical (unpaired) electrons. The predicted octanol–water partition coefficient (Wildman–Crippen LogP) is 4.44. The molecule has 0 N–H and O–H groups in total. The second-order valence-electron chi connectivity index (χ2n) is 4.15. The molecule has 1 aromatic rings. The van der Waals surface area contributed by atoms with Crippen LogP contribution in [0.4, 0.5) is 8.78 Å². The Morgan fingerprint density at radius 2 is 1.36 bits per heavy atom. The lowest BCUT2D eigenvalue weighted by Crippen LogP contribution is -2.28. The standard InChI is InChI=1S/C13H20F2O5P2/c1-4-18-21(16,12-10-8-7-9-11-12)13(14,15)22(17,19-5-2)20-6-3/h7-11H,4-6H2,1-3H3/t21-/m1/s1. The molecule has 9 heteroatoms. The smallest absolute Gasteiger partial charge is 0.321 e. The lowest BCUT2D eigenvalue weighted by Gasteiger charge is -2.31. The fourth-order valence-corrected chi connectivity index (χ4v) is 6.57. The quantitative estimate of drug-likeness (QED) is 0.612. The zero-order chi connectivity index (χ0) is 16.9. The molecule has 0 aliphatic rings. The zero-order valence-electron chi connectivity index (χ0n) is 12.7. The minimum Gasteiger partial charge on any atom is -0.321 e. The van der Waals surface area contributed by atoms with Crippen LogP contribution in [0.25, 0.3) is 0 Å². The maximum atomic E-state index is 14.9. The molecule has 0 saturated heterocycles. The summed E-state index contributed by atoms with van der Waals surface area (Å²) >= 11 is 0. The maximum Gasteiger partial charge on any atom is 0.422 e. The molecule has 22 heavy (non-hydrogen) atoms. The van der Waals surface area contributed by atoms with Crippen LogP contribution in [0.1, 0.15) is 20.8 Å². The van der Waals surface area contributed by atoms with Gasteiger partial charge in [0.1, 0.15) is 0 Å². The molecule has 1 rings (SSSR count). The van der Waals surface area contributed by atoms with E-state index in [9.17, 15) is 17.9 Å². The van der Waals surface area contributed by atoms with E-state index >= 15 is 0 Å². The Morgan fingerprint density at radius 3 is 1.77 bits per heavy atom. The fraction of sp³-hybridized carbons (Fsp3) is 0.538. The Labute approximate surface area is 128 Å². The molecule has 126 valence electrons. The van der Waals surface area contributed by atoms with E-state index in [1.165, 1.54) is 45.0 Å². The average molecular weight is 356 g/mol. The molecule has 0 saturated carbocycles. The summed E-state index contributed by atoms with van der Waals surface area (Å²) in [5.41, 5.74) is 0. The van der Waals surface area contributed by atoms with Crippen LogP contribution in [0.3, 0.4) is 0 Å². The molecular formula is C13H20F2O5P2. The molecule has 5 nitrogen and oxygen atoms in total. The summed E-state index contributed by atoms with van der Waals surface area (Å²) < 4.78 is 69.4. The lowest BCUT2D eigenvalue weighted by molar-refractivity contribution is 0.0898. The first-order valence-corrected chi connectivity index (χ1v) is 10.0. The monoisotopic (exact) mass is 356 g/mol. The third-order valence-corrected chi connectivity index (χ3v) is 8.38. The van der Waals surface area contributed by atoms with Gasteiger partial charge in [-0.3, -0.25) is 9.13 Å². The molecule has 0 spiro atoms. The van der Waals surface area contributed by atoms with Crippen molar-refractivity contribution in [2.24, 2.45) is 0 Å². The van der Waals surface area contributed by atoms with Gasteiger partial charge in [-0.25, -0.2) is 0 Å². The first-order chi connectivity index (χ1) is 10.3. The van der Waals surface area contributed by atoms with Gasteiger partial charge in [-0.15, -0.1) is 0 Å². The normalized spacial score (nSPS) is 15.5. The molecule has 0 unspecified atom stereocenters. The van der Waals surface area contributed by atoms with Crippen molar-refractivity contribution < 1.29 is 31.5 Å². The van der Waals surface area contributed by atoms with Crippen LogP contribution >= 0.6 is 15.0 Å². The van der Waals surface area contributed by atoms with Crippen LogP contribution in [0.15, 0.2) is 30.3 Å². The summed E-state index contributed by atoms with van der Waals surface area (Å²) in [5, 5.41) is -4.52. The van der Waals surface area contributed by atoms with Crippen molar-refractivity contribution in [3.05, 3.63) is 30.3 Å². The van der Waals surface area contributed by atoms with E-state index in [-0.39, 0.29) is 25.1 Å². The lowest BCUT2D eigenvalue weighted by atomic mass is 10.4. The van der Waals surface area contributed by atoms with Crippen LogP contribution in [0.2, 0.25) is 0 Å². The summed E-state index contributed by atoms with van der Waals surface area (Å²) in [6.45, 7) is 3.45. The predicted molar refractivity (Wildman–Crippen MR) is 81.1 cm³/mol. The van der Waals surface area contributed by atoms with Gasteiger partial charge in [-0.05, 0) is 32.9 Å². The van der Waals surface area contributed by atoms with Gasteiger partial charge in [0.15, 0.2) is 0 Å². The highest BCUT2D eigenvalue weighted by atomic mass is 31.2. The number of rotatable bonds is 9. The third kappa shape index (κ3) is 3.50. The van der Waals surface area contributed by atoms with Crippen molar-refractivity contribution in [3.8, 4) is 0 Å². The van der Waals surface area contributed by atoms with Crippen molar-refractivity contribution in [2.45, 2.75) is 26.2 Å². The largest absolute Gasteiger partial charge is 0.422 e. The zero-order valence-corrected chi connectivity index (χ0v) is 14.5. The first-order valence-electron chi connectivity index (χ1n) is 6.86.